The molecule has 3 N–H and O–H groups in total. The summed E-state index contributed by atoms with van der Waals surface area (Å²) in [7, 11) is -3.80. The molecule has 10 heteroatoms. The summed E-state index contributed by atoms with van der Waals surface area (Å²) in [5, 5.41) is 11.8. The number of sulfonamides is 1. The predicted octanol–water partition coefficient (Wildman–Crippen LogP) is 0.425. The average molecular weight is 399 g/mol. The molecule has 1 aromatic rings. The highest BCUT2D eigenvalue weighted by atomic mass is 32.2. The first-order valence-corrected chi connectivity index (χ1v) is 9.84. The molecule has 0 aromatic heterocycles. The molecule has 1 unspecified atom stereocenters. The van der Waals surface area contributed by atoms with Crippen molar-refractivity contribution in [3.63, 3.8) is 0 Å². The average Bonchev–Trinajstić information content (AvgIpc) is 2.56. The standard InChI is InChI=1S/C17H25N3O6S/c1-11(2)19-27(25,26)15-7-5-6-14(10-15)16(22)20(12(3)17(23)24)9-8-18-13(4)21/h5-7,10-12,19H,8-9H2,1-4H3,(H,18,21)(H,23,24). The highest BCUT2D eigenvalue weighted by Crippen LogP contribution is 2.15. The molecule has 0 fully saturated rings. The van der Waals surface area contributed by atoms with Gasteiger partial charge in [-0.2, -0.15) is 0 Å². The third-order valence-corrected chi connectivity index (χ3v) is 5.25. The van der Waals surface area contributed by atoms with Gasteiger partial charge in [0.05, 0.1) is 4.90 Å². The van der Waals surface area contributed by atoms with Gasteiger partial charge < -0.3 is 15.3 Å². The van der Waals surface area contributed by atoms with Gasteiger partial charge in [-0.25, -0.2) is 17.9 Å². The third-order valence-electron chi connectivity index (χ3n) is 3.59. The van der Waals surface area contributed by atoms with Gasteiger partial charge in [0.25, 0.3) is 5.91 Å². The zero-order chi connectivity index (χ0) is 20.8. The molecule has 27 heavy (non-hydrogen) atoms. The molecular formula is C17H25N3O6S. The van der Waals surface area contributed by atoms with E-state index in [1.54, 1.807) is 13.8 Å². The van der Waals surface area contributed by atoms with Crippen LogP contribution in [0.15, 0.2) is 29.2 Å². The molecule has 0 saturated heterocycles. The number of carbonyl (C=O) groups is 3. The van der Waals surface area contributed by atoms with E-state index in [1.807, 2.05) is 0 Å². The van der Waals surface area contributed by atoms with Crippen LogP contribution in [0.4, 0.5) is 0 Å². The Morgan fingerprint density at radius 1 is 1.19 bits per heavy atom. The van der Waals surface area contributed by atoms with E-state index in [0.717, 1.165) is 4.90 Å². The van der Waals surface area contributed by atoms with Crippen LogP contribution in [-0.2, 0) is 19.6 Å². The number of benzene rings is 1. The maximum absolute atomic E-state index is 12.8. The summed E-state index contributed by atoms with van der Waals surface area (Å²) < 4.78 is 27.0. The number of hydrogen-bond acceptors (Lipinski definition) is 5. The molecule has 0 bridgehead atoms. The molecule has 0 aliphatic carbocycles. The quantitative estimate of drug-likeness (QED) is 0.551. The number of nitrogens with zero attached hydrogens (tertiary/aromatic N) is 1. The van der Waals surface area contributed by atoms with Crippen molar-refractivity contribution in [3.8, 4) is 0 Å². The van der Waals surface area contributed by atoms with Crippen LogP contribution in [0.3, 0.4) is 0 Å². The molecule has 150 valence electrons. The number of carboxylic acids is 1. The fourth-order valence-electron chi connectivity index (χ4n) is 2.30. The van der Waals surface area contributed by atoms with E-state index in [4.69, 9.17) is 0 Å². The molecule has 1 rings (SSSR count). The van der Waals surface area contributed by atoms with Crippen molar-refractivity contribution in [2.75, 3.05) is 13.1 Å². The maximum Gasteiger partial charge on any atom is 0.326 e. The zero-order valence-corrected chi connectivity index (χ0v) is 16.5. The second-order valence-corrected chi connectivity index (χ2v) is 8.01. The molecule has 0 aliphatic heterocycles. The third kappa shape index (κ3) is 6.65. The van der Waals surface area contributed by atoms with Crippen molar-refractivity contribution >= 4 is 27.8 Å². The lowest BCUT2D eigenvalue weighted by Gasteiger charge is -2.27. The fourth-order valence-corrected chi connectivity index (χ4v) is 3.59. The SMILES string of the molecule is CC(=O)NCCN(C(=O)c1cccc(S(=O)(=O)NC(C)C)c1)C(C)C(=O)O. The minimum atomic E-state index is -3.80. The molecular weight excluding hydrogens is 374 g/mol. The highest BCUT2D eigenvalue weighted by Gasteiger charge is 2.27. The van der Waals surface area contributed by atoms with Gasteiger partial charge in [-0.3, -0.25) is 9.59 Å². The Morgan fingerprint density at radius 2 is 1.81 bits per heavy atom. The molecule has 9 nitrogen and oxygen atoms in total. The van der Waals surface area contributed by atoms with E-state index in [2.05, 4.69) is 10.0 Å². The van der Waals surface area contributed by atoms with Crippen molar-refractivity contribution in [1.82, 2.24) is 14.9 Å². The smallest absolute Gasteiger partial charge is 0.326 e. The molecule has 1 atom stereocenters. The molecule has 2 amide bonds. The molecule has 0 aliphatic rings. The summed E-state index contributed by atoms with van der Waals surface area (Å²) in [5.41, 5.74) is 0.0394. The maximum atomic E-state index is 12.8. The Balaban J connectivity index is 3.16. The Labute approximate surface area is 158 Å². The summed E-state index contributed by atoms with van der Waals surface area (Å²) in [6.07, 6.45) is 0. The Hall–Kier alpha value is -2.46. The van der Waals surface area contributed by atoms with Gasteiger partial charge in [0.2, 0.25) is 15.9 Å². The van der Waals surface area contributed by atoms with Crippen LogP contribution in [-0.4, -0.2) is 61.4 Å². The summed E-state index contributed by atoms with van der Waals surface area (Å²) in [6.45, 7) is 6.03. The number of hydrogen-bond donors (Lipinski definition) is 3. The fraction of sp³-hybridized carbons (Fsp3) is 0.471. The Morgan fingerprint density at radius 3 is 2.33 bits per heavy atom. The van der Waals surface area contributed by atoms with Gasteiger partial charge in [-0.05, 0) is 39.0 Å². The number of amides is 2. The monoisotopic (exact) mass is 399 g/mol. The van der Waals surface area contributed by atoms with Crippen LogP contribution in [0.5, 0.6) is 0 Å². The van der Waals surface area contributed by atoms with Crippen LogP contribution in [0, 0.1) is 0 Å². The van der Waals surface area contributed by atoms with Crippen molar-refractivity contribution < 1.29 is 27.9 Å². The van der Waals surface area contributed by atoms with Crippen LogP contribution in [0.2, 0.25) is 0 Å². The molecule has 0 saturated carbocycles. The van der Waals surface area contributed by atoms with Crippen molar-refractivity contribution in [2.24, 2.45) is 0 Å². The minimum absolute atomic E-state index is 0.0346. The largest absolute Gasteiger partial charge is 0.480 e. The van der Waals surface area contributed by atoms with E-state index in [0.29, 0.717) is 0 Å². The van der Waals surface area contributed by atoms with Crippen molar-refractivity contribution in [2.45, 2.75) is 44.7 Å². The number of aliphatic carboxylic acids is 1. The number of carbonyl (C=O) groups excluding carboxylic acids is 2. The van der Waals surface area contributed by atoms with E-state index in [-0.39, 0.29) is 35.5 Å². The molecule has 0 spiro atoms. The normalized spacial score (nSPS) is 12.5. The lowest BCUT2D eigenvalue weighted by Crippen LogP contribution is -2.46. The zero-order valence-electron chi connectivity index (χ0n) is 15.7. The van der Waals surface area contributed by atoms with Gasteiger partial charge in [0.15, 0.2) is 0 Å². The lowest BCUT2D eigenvalue weighted by molar-refractivity contribution is -0.141. The number of rotatable bonds is 9. The molecule has 1 aromatic carbocycles. The summed E-state index contributed by atoms with van der Waals surface area (Å²) in [5.74, 6) is -2.16. The van der Waals surface area contributed by atoms with Gasteiger partial charge >= 0.3 is 5.97 Å². The highest BCUT2D eigenvalue weighted by molar-refractivity contribution is 7.89. The lowest BCUT2D eigenvalue weighted by atomic mass is 10.1. The Bertz CT molecular complexity index is 807. The van der Waals surface area contributed by atoms with Gasteiger partial charge in [0.1, 0.15) is 6.04 Å². The molecule has 0 radical (unpaired) electrons. The number of carboxylic acid groups (broad SMARTS) is 1. The van der Waals surface area contributed by atoms with Gasteiger partial charge in [0, 0.05) is 31.6 Å². The first kappa shape index (κ1) is 22.6. The van der Waals surface area contributed by atoms with Crippen molar-refractivity contribution in [1.29, 1.82) is 0 Å². The Kier molecular flexibility index (Phi) is 7.92. The van der Waals surface area contributed by atoms with E-state index in [9.17, 15) is 27.9 Å². The molecule has 0 heterocycles. The van der Waals surface area contributed by atoms with Gasteiger partial charge in [-0.15, -0.1) is 0 Å². The summed E-state index contributed by atoms with van der Waals surface area (Å²) in [6, 6.07) is 3.91. The van der Waals surface area contributed by atoms with Gasteiger partial charge in [-0.1, -0.05) is 6.07 Å². The van der Waals surface area contributed by atoms with Crippen LogP contribution in [0.25, 0.3) is 0 Å². The minimum Gasteiger partial charge on any atom is -0.480 e. The predicted molar refractivity (Wildman–Crippen MR) is 98.7 cm³/mol. The first-order valence-electron chi connectivity index (χ1n) is 8.36. The van der Waals surface area contributed by atoms with E-state index in [1.165, 1.54) is 38.1 Å². The summed E-state index contributed by atoms with van der Waals surface area (Å²) in [4.78, 5) is 36.1. The summed E-state index contributed by atoms with van der Waals surface area (Å²) >= 11 is 0. The van der Waals surface area contributed by atoms with E-state index >= 15 is 0 Å². The van der Waals surface area contributed by atoms with E-state index < -0.39 is 27.9 Å². The van der Waals surface area contributed by atoms with Crippen LogP contribution < -0.4 is 10.0 Å². The topological polar surface area (TPSA) is 133 Å². The second kappa shape index (κ2) is 9.47. The van der Waals surface area contributed by atoms with Crippen LogP contribution in [0.1, 0.15) is 38.1 Å². The first-order chi connectivity index (χ1) is 12.5. The second-order valence-electron chi connectivity index (χ2n) is 6.30. The number of nitrogens with one attached hydrogen (secondary N) is 2. The van der Waals surface area contributed by atoms with Crippen LogP contribution >= 0.6 is 0 Å². The van der Waals surface area contributed by atoms with Crippen molar-refractivity contribution in [3.05, 3.63) is 29.8 Å².